The number of likely N-dealkylation sites (N-methyl/N-ethyl adjacent to an activating group) is 1. The van der Waals surface area contributed by atoms with Crippen LogP contribution in [0.2, 0.25) is 0 Å². The largest absolute Gasteiger partial charge is 0.299 e. The second-order valence-electron chi connectivity index (χ2n) is 4.20. The molecule has 0 N–H and O–H groups in total. The van der Waals surface area contributed by atoms with Crippen LogP contribution >= 0.6 is 15.9 Å². The molecule has 1 saturated heterocycles. The molecular weight excluding hydrogens is 272 g/mol. The molecule has 5 heteroatoms. The average Bonchev–Trinajstić information content (AvgIpc) is 2.61. The second-order valence-corrected chi connectivity index (χ2v) is 5.06. The molecule has 2 rings (SSSR count). The van der Waals surface area contributed by atoms with Crippen LogP contribution < -0.4 is 0 Å². The molecule has 86 valence electrons. The summed E-state index contributed by atoms with van der Waals surface area (Å²) < 4.78 is 0.960. The van der Waals surface area contributed by atoms with Crippen LogP contribution in [0.15, 0.2) is 28.7 Å². The van der Waals surface area contributed by atoms with Gasteiger partial charge in [0.2, 0.25) is 6.04 Å². The fraction of sp³-hybridized carbons (Fsp3) is 0.455. The number of halogens is 1. The maximum Gasteiger partial charge on any atom is 0.233 e. The number of benzene rings is 1. The van der Waals surface area contributed by atoms with Gasteiger partial charge < -0.3 is 0 Å². The lowest BCUT2D eigenvalue weighted by atomic mass is 9.95. The summed E-state index contributed by atoms with van der Waals surface area (Å²) in [6, 6.07) is 7.25. The Hall–Kier alpha value is -0.940. The lowest BCUT2D eigenvalue weighted by molar-refractivity contribution is -0.521. The highest BCUT2D eigenvalue weighted by Crippen LogP contribution is 2.33. The summed E-state index contributed by atoms with van der Waals surface area (Å²) in [5.41, 5.74) is 1.04. The van der Waals surface area contributed by atoms with Crippen LogP contribution in [0.25, 0.3) is 0 Å². The molecule has 1 aromatic carbocycles. The van der Waals surface area contributed by atoms with Crippen molar-refractivity contribution in [2.75, 3.05) is 20.1 Å². The van der Waals surface area contributed by atoms with E-state index in [-0.39, 0.29) is 10.8 Å². The zero-order valence-corrected chi connectivity index (χ0v) is 10.6. The van der Waals surface area contributed by atoms with Crippen LogP contribution in [0.3, 0.4) is 0 Å². The number of rotatable bonds is 2. The Labute approximate surface area is 103 Å². The summed E-state index contributed by atoms with van der Waals surface area (Å²) in [5, 5.41) is 11.0. The van der Waals surface area contributed by atoms with Gasteiger partial charge in [0, 0.05) is 15.9 Å². The minimum atomic E-state index is -0.497. The van der Waals surface area contributed by atoms with E-state index < -0.39 is 6.04 Å². The van der Waals surface area contributed by atoms with E-state index in [0.29, 0.717) is 6.54 Å². The molecule has 0 radical (unpaired) electrons. The summed E-state index contributed by atoms with van der Waals surface area (Å²) in [6.45, 7) is 1.27. The normalized spacial score (nSPS) is 25.9. The number of nitro groups is 1. The number of hydrogen-bond acceptors (Lipinski definition) is 3. The third-order valence-corrected chi connectivity index (χ3v) is 3.77. The van der Waals surface area contributed by atoms with E-state index in [2.05, 4.69) is 15.9 Å². The Morgan fingerprint density at radius 1 is 1.44 bits per heavy atom. The van der Waals surface area contributed by atoms with E-state index in [1.165, 1.54) is 0 Å². The minimum absolute atomic E-state index is 0.0180. The van der Waals surface area contributed by atoms with E-state index in [1.54, 1.807) is 0 Å². The highest BCUT2D eigenvalue weighted by atomic mass is 79.9. The molecule has 0 amide bonds. The molecule has 1 aliphatic rings. The van der Waals surface area contributed by atoms with Crippen molar-refractivity contribution in [3.8, 4) is 0 Å². The molecular formula is C11H13BrN2O2. The first-order chi connectivity index (χ1) is 7.59. The fourth-order valence-corrected chi connectivity index (χ4v) is 2.85. The van der Waals surface area contributed by atoms with Crippen molar-refractivity contribution in [2.45, 2.75) is 12.0 Å². The second kappa shape index (κ2) is 4.51. The standard InChI is InChI=1S/C11H13BrN2O2/c1-13-6-9(11(7-13)14(15)16)8-4-2-3-5-10(8)12/h2-5,9,11H,6-7H2,1H3. The summed E-state index contributed by atoms with van der Waals surface area (Å²) in [6.07, 6.45) is 0. The summed E-state index contributed by atoms with van der Waals surface area (Å²) in [5.74, 6) is -0.0180. The number of hydrogen-bond donors (Lipinski definition) is 0. The molecule has 0 aliphatic carbocycles. The molecule has 2 atom stereocenters. The maximum absolute atomic E-state index is 11.0. The van der Waals surface area contributed by atoms with Gasteiger partial charge in [-0.1, -0.05) is 34.1 Å². The summed E-state index contributed by atoms with van der Waals surface area (Å²) in [7, 11) is 1.92. The highest BCUT2D eigenvalue weighted by Gasteiger charge is 2.41. The van der Waals surface area contributed by atoms with Crippen molar-refractivity contribution in [1.29, 1.82) is 0 Å². The quantitative estimate of drug-likeness (QED) is 0.617. The zero-order valence-electron chi connectivity index (χ0n) is 8.97. The van der Waals surface area contributed by atoms with Gasteiger partial charge in [0.25, 0.3) is 0 Å². The Kier molecular flexibility index (Phi) is 3.25. The van der Waals surface area contributed by atoms with Crippen molar-refractivity contribution in [2.24, 2.45) is 0 Å². The molecule has 0 spiro atoms. The van der Waals surface area contributed by atoms with Crippen LogP contribution in [0.4, 0.5) is 0 Å². The molecule has 0 saturated carbocycles. The van der Waals surface area contributed by atoms with E-state index in [4.69, 9.17) is 0 Å². The van der Waals surface area contributed by atoms with Gasteiger partial charge in [-0.15, -0.1) is 0 Å². The van der Waals surface area contributed by atoms with Crippen molar-refractivity contribution < 1.29 is 4.92 Å². The van der Waals surface area contributed by atoms with Crippen molar-refractivity contribution in [3.63, 3.8) is 0 Å². The molecule has 0 aromatic heterocycles. The Morgan fingerprint density at radius 3 is 2.75 bits per heavy atom. The summed E-state index contributed by atoms with van der Waals surface area (Å²) in [4.78, 5) is 12.9. The maximum atomic E-state index is 11.0. The minimum Gasteiger partial charge on any atom is -0.299 e. The van der Waals surface area contributed by atoms with Gasteiger partial charge in [0.1, 0.15) is 0 Å². The number of likely N-dealkylation sites (tertiary alicyclic amines) is 1. The van der Waals surface area contributed by atoms with Crippen molar-refractivity contribution in [3.05, 3.63) is 44.4 Å². The van der Waals surface area contributed by atoms with E-state index in [0.717, 1.165) is 16.6 Å². The molecule has 0 bridgehead atoms. The van der Waals surface area contributed by atoms with Crippen LogP contribution in [-0.4, -0.2) is 36.0 Å². The molecule has 1 aliphatic heterocycles. The van der Waals surface area contributed by atoms with Crippen molar-refractivity contribution in [1.82, 2.24) is 4.90 Å². The van der Waals surface area contributed by atoms with E-state index in [1.807, 2.05) is 36.2 Å². The molecule has 16 heavy (non-hydrogen) atoms. The van der Waals surface area contributed by atoms with Gasteiger partial charge in [0.05, 0.1) is 12.5 Å². The smallest absolute Gasteiger partial charge is 0.233 e. The van der Waals surface area contributed by atoms with Crippen molar-refractivity contribution >= 4 is 15.9 Å². The Balaban J connectivity index is 2.33. The lowest BCUT2D eigenvalue weighted by Gasteiger charge is -2.14. The third kappa shape index (κ3) is 2.10. The Morgan fingerprint density at radius 2 is 2.12 bits per heavy atom. The highest BCUT2D eigenvalue weighted by molar-refractivity contribution is 9.10. The zero-order chi connectivity index (χ0) is 11.7. The first kappa shape index (κ1) is 11.5. The van der Waals surface area contributed by atoms with Crippen LogP contribution in [0, 0.1) is 10.1 Å². The molecule has 1 aromatic rings. The van der Waals surface area contributed by atoms with Gasteiger partial charge in [-0.3, -0.25) is 15.0 Å². The molecule has 4 nitrogen and oxygen atoms in total. The van der Waals surface area contributed by atoms with E-state index >= 15 is 0 Å². The predicted octanol–water partition coefficient (Wildman–Crippen LogP) is 2.12. The first-order valence-corrected chi connectivity index (χ1v) is 5.95. The Bertz CT molecular complexity index is 411. The molecule has 1 fully saturated rings. The molecule has 1 heterocycles. The first-order valence-electron chi connectivity index (χ1n) is 5.16. The van der Waals surface area contributed by atoms with E-state index in [9.17, 15) is 10.1 Å². The van der Waals surface area contributed by atoms with Crippen LogP contribution in [0.1, 0.15) is 11.5 Å². The lowest BCUT2D eigenvalue weighted by Crippen LogP contribution is -2.27. The SMILES string of the molecule is CN1CC(c2ccccc2Br)C([N+](=O)[O-])C1. The number of nitrogens with zero attached hydrogens (tertiary/aromatic N) is 2. The predicted molar refractivity (Wildman–Crippen MR) is 65.2 cm³/mol. The average molecular weight is 285 g/mol. The van der Waals surface area contributed by atoms with Gasteiger partial charge in [-0.2, -0.15) is 0 Å². The van der Waals surface area contributed by atoms with Crippen LogP contribution in [-0.2, 0) is 0 Å². The van der Waals surface area contributed by atoms with Gasteiger partial charge in [-0.25, -0.2) is 0 Å². The van der Waals surface area contributed by atoms with Crippen LogP contribution in [0.5, 0.6) is 0 Å². The van der Waals surface area contributed by atoms with Gasteiger partial charge in [-0.05, 0) is 18.7 Å². The third-order valence-electron chi connectivity index (χ3n) is 3.05. The monoisotopic (exact) mass is 284 g/mol. The molecule has 2 unspecified atom stereocenters. The fourth-order valence-electron chi connectivity index (χ4n) is 2.27. The van der Waals surface area contributed by atoms with Gasteiger partial charge >= 0.3 is 0 Å². The topological polar surface area (TPSA) is 46.4 Å². The summed E-state index contributed by atoms with van der Waals surface area (Å²) >= 11 is 3.46. The van der Waals surface area contributed by atoms with Gasteiger partial charge in [0.15, 0.2) is 0 Å².